The Labute approximate surface area is 553 Å². The number of carboxylic acid groups (broad SMARTS) is 2. The monoisotopic (exact) mass is 1470 g/mol. The number of aromatic carboxylic acids is 2. The molecule has 0 saturated carbocycles. The maximum absolute atomic E-state index is 13.4. The van der Waals surface area contributed by atoms with Crippen LogP contribution in [0.25, 0.3) is 22.8 Å². The largest absolute Gasteiger partial charge is 0.478 e. The van der Waals surface area contributed by atoms with Crippen LogP contribution in [0, 0.1) is 0 Å². The van der Waals surface area contributed by atoms with Gasteiger partial charge >= 0.3 is 147 Å². The molecule has 0 aromatic carbocycles. The first-order chi connectivity index (χ1) is 44.1. The van der Waals surface area contributed by atoms with E-state index in [-0.39, 0.29) is 54.9 Å². The van der Waals surface area contributed by atoms with E-state index in [1.807, 2.05) is 41.0 Å². The number of nitrogens with one attached hydrogen (secondary N) is 1. The molecule has 21 nitrogen and oxygen atoms in total. The first-order valence-corrected chi connectivity index (χ1v) is 41.5. The summed E-state index contributed by atoms with van der Waals surface area (Å²) in [5, 5.41) is 29.5. The van der Waals surface area contributed by atoms with E-state index in [1.54, 1.807) is 83.7 Å². The summed E-state index contributed by atoms with van der Waals surface area (Å²) in [6, 6.07) is 10.9. The third-order valence-electron chi connectivity index (χ3n) is 15.8. The van der Waals surface area contributed by atoms with Gasteiger partial charge in [-0.15, -0.1) is 11.3 Å². The number of carboxylic acids is 2. The SMILES string of the molecule is CCC[CH2][Sn]([CH2]CCC)([CH2]CCC)[c]1ncccn1.C[C@@H]1CC[C@@H](Oc2nccc3c2COC3=O)CN1.C[C@@H]1CC[C@@H](Oc2nccc3c2COC3=O)CN1C(=O)c1cscc1-c1ncccn1.O=C(O)c1ccsc1Br.O=C(O)c1cscc1-c1ncccn1. The predicted octanol–water partition coefficient (Wildman–Crippen LogP) is 13.3. The molecule has 12 heterocycles. The van der Waals surface area contributed by atoms with Crippen molar-refractivity contribution in [2.45, 2.75) is 150 Å². The Morgan fingerprint density at radius 2 is 1.10 bits per heavy atom. The molecule has 0 radical (unpaired) electrons. The Balaban J connectivity index is 0.000000155. The maximum atomic E-state index is 13.4. The van der Waals surface area contributed by atoms with E-state index < -0.39 is 30.3 Å². The van der Waals surface area contributed by atoms with E-state index in [9.17, 15) is 24.0 Å². The Bertz CT molecular complexity index is 3630. The Morgan fingerprint density at radius 3 is 1.56 bits per heavy atom. The summed E-state index contributed by atoms with van der Waals surface area (Å²) in [7, 11) is 0. The number of esters is 2. The number of piperidine rings is 2. The van der Waals surface area contributed by atoms with E-state index >= 15 is 0 Å². The molecular formula is C65H75BrN10O11S3Sn. The zero-order valence-corrected chi connectivity index (χ0v) is 58.4. The molecule has 0 spiro atoms. The minimum atomic E-state index is -2.32. The van der Waals surface area contributed by atoms with Crippen LogP contribution in [0.15, 0.2) is 117 Å². The van der Waals surface area contributed by atoms with Crippen LogP contribution in [0.2, 0.25) is 13.3 Å². The average molecular weight is 1470 g/mol. The van der Waals surface area contributed by atoms with Crippen molar-refractivity contribution in [1.82, 2.24) is 50.1 Å². The van der Waals surface area contributed by atoms with E-state index in [4.69, 9.17) is 39.1 Å². The van der Waals surface area contributed by atoms with Gasteiger partial charge in [0.25, 0.3) is 5.91 Å². The number of fused-ring (bicyclic) bond motifs is 2. The summed E-state index contributed by atoms with van der Waals surface area (Å²) in [6.07, 6.45) is 25.2. The van der Waals surface area contributed by atoms with Gasteiger partial charge < -0.3 is 39.4 Å². The van der Waals surface area contributed by atoms with Crippen LogP contribution < -0.4 is 18.6 Å². The molecule has 4 aliphatic heterocycles. The molecule has 2 fully saturated rings. The number of hydrogen-bond acceptors (Lipinski definition) is 21. The number of likely N-dealkylation sites (tertiary alicyclic amines) is 1. The number of amides is 1. The molecule has 1 amide bonds. The van der Waals surface area contributed by atoms with Gasteiger partial charge in [-0.2, -0.15) is 22.7 Å². The predicted molar refractivity (Wildman–Crippen MR) is 355 cm³/mol. The van der Waals surface area contributed by atoms with Gasteiger partial charge in [0.2, 0.25) is 11.8 Å². The second kappa shape index (κ2) is 35.0. The van der Waals surface area contributed by atoms with Crippen molar-refractivity contribution in [2.24, 2.45) is 0 Å². The van der Waals surface area contributed by atoms with E-state index in [0.717, 1.165) is 43.4 Å². The van der Waals surface area contributed by atoms with Crippen molar-refractivity contribution in [3.8, 4) is 34.5 Å². The molecule has 480 valence electrons. The first-order valence-electron chi connectivity index (χ1n) is 30.5. The topological polar surface area (TPSA) is 281 Å². The molecular weight excluding hydrogens is 1390 g/mol. The molecule has 8 aromatic heterocycles. The van der Waals surface area contributed by atoms with Crippen LogP contribution in [0.4, 0.5) is 0 Å². The Kier molecular flexibility index (Phi) is 26.8. The normalized spacial score (nSPS) is 17.1. The molecule has 26 heteroatoms. The number of carbonyl (C=O) groups is 5. The fourth-order valence-electron chi connectivity index (χ4n) is 10.7. The number of ether oxygens (including phenoxy) is 4. The molecule has 3 N–H and O–H groups in total. The second-order valence-electron chi connectivity index (χ2n) is 22.1. The van der Waals surface area contributed by atoms with Crippen LogP contribution in [-0.2, 0) is 22.7 Å². The van der Waals surface area contributed by atoms with Crippen molar-refractivity contribution >= 4 is 102 Å². The van der Waals surface area contributed by atoms with Crippen LogP contribution in [0.3, 0.4) is 0 Å². The number of thiophene rings is 3. The van der Waals surface area contributed by atoms with Gasteiger partial charge in [-0.25, -0.2) is 49.1 Å². The zero-order valence-electron chi connectivity index (χ0n) is 51.5. The molecule has 0 aliphatic carbocycles. The molecule has 0 bridgehead atoms. The summed E-state index contributed by atoms with van der Waals surface area (Å²) in [4.78, 5) is 94.1. The number of cyclic esters (lactones) is 2. The number of hydrogen-bond donors (Lipinski definition) is 3. The van der Waals surface area contributed by atoms with Gasteiger partial charge in [0, 0.05) is 88.5 Å². The number of nitrogens with zero attached hydrogens (tertiary/aromatic N) is 9. The summed E-state index contributed by atoms with van der Waals surface area (Å²) in [5.41, 5.74) is 5.02. The van der Waals surface area contributed by atoms with Gasteiger partial charge in [-0.1, -0.05) is 0 Å². The summed E-state index contributed by atoms with van der Waals surface area (Å²) >= 11 is 4.94. The standard InChI is InChI=1S/C22H20N4O4S.C13H16N2O3.C9H6N2O2S.C5H3BrO2S.C4H3N2.3C4H9.Sn/c1-13-3-4-14(30-20-16-10-29-22(28)15(16)5-8-25-20)9-26(13)21(27)18-12-31-11-17(18)19-23-6-2-7-24-19;1-8-2-3-9(6-15-8)18-12-11-7-17-13(16)10(11)4-5-14-12;12-9(13)7-5-14-4-6(7)8-10-2-1-3-11-8;6-4-3(5(7)8)1-2-9-4;1-2-5-4-6-3-1;3*1-3-4-2;/h2,5-8,11-14H,3-4,9-10H2,1H3;4-5,8-9,15H,2-3,6-7H2,1H3;1-5H,(H,12,13);1-2H,(H,7,8);1-3H;3*1,3-4H2,2H3;/t13-,14-;8-,9-;;;;;;;/m11......./s1. The van der Waals surface area contributed by atoms with Crippen molar-refractivity contribution in [3.63, 3.8) is 0 Å². The molecule has 91 heavy (non-hydrogen) atoms. The zero-order chi connectivity index (χ0) is 64.7. The van der Waals surface area contributed by atoms with Gasteiger partial charge in [-0.05, 0) is 91.2 Å². The Morgan fingerprint density at radius 1 is 0.615 bits per heavy atom. The quantitative estimate of drug-likeness (QED) is 0.0501. The van der Waals surface area contributed by atoms with Gasteiger partial charge in [0.05, 0.1) is 49.3 Å². The van der Waals surface area contributed by atoms with Crippen LogP contribution >= 0.6 is 49.9 Å². The molecule has 2 saturated heterocycles. The number of pyridine rings is 2. The van der Waals surface area contributed by atoms with Crippen LogP contribution in [-0.4, -0.2) is 141 Å². The van der Waals surface area contributed by atoms with E-state index in [0.29, 0.717) is 73.2 Å². The maximum Gasteiger partial charge on any atom is 0.339 e. The molecule has 4 atom stereocenters. The Hall–Kier alpha value is -7.17. The first kappa shape index (κ1) is 69.7. The fourth-order valence-corrected chi connectivity index (χ4v) is 28.4. The van der Waals surface area contributed by atoms with Crippen molar-refractivity contribution in [1.29, 1.82) is 0 Å². The van der Waals surface area contributed by atoms with Gasteiger partial charge in [-0.3, -0.25) is 4.79 Å². The van der Waals surface area contributed by atoms with Crippen LogP contribution in [0.5, 0.6) is 11.8 Å². The molecule has 0 unspecified atom stereocenters. The average Bonchev–Trinajstić information content (AvgIpc) is 1.90. The minimum absolute atomic E-state index is 0.0609. The van der Waals surface area contributed by atoms with Gasteiger partial charge in [0.15, 0.2) is 11.6 Å². The van der Waals surface area contributed by atoms with E-state index in [1.165, 1.54) is 89.7 Å². The molecule has 8 aromatic rings. The fraction of sp³-hybridized carbons (Fsp3) is 0.400. The summed E-state index contributed by atoms with van der Waals surface area (Å²) in [6.45, 7) is 12.8. The van der Waals surface area contributed by atoms with Gasteiger partial charge in [0.1, 0.15) is 25.4 Å². The third-order valence-corrected chi connectivity index (χ3v) is 33.6. The number of halogens is 1. The van der Waals surface area contributed by atoms with Crippen LogP contribution in [0.1, 0.15) is 162 Å². The van der Waals surface area contributed by atoms with Crippen molar-refractivity contribution in [3.05, 3.63) is 156 Å². The molecule has 4 aliphatic rings. The summed E-state index contributed by atoms with van der Waals surface area (Å²) in [5.74, 6) is -0.600. The number of aromatic nitrogens is 8. The smallest absolute Gasteiger partial charge is 0.339 e. The minimum Gasteiger partial charge on any atom is -0.478 e. The van der Waals surface area contributed by atoms with Crippen molar-refractivity contribution in [2.75, 3.05) is 13.1 Å². The number of carbonyl (C=O) groups excluding carboxylic acids is 3. The number of unbranched alkanes of at least 4 members (excludes halogenated alkanes) is 3. The van der Waals surface area contributed by atoms with Crippen molar-refractivity contribution < 1.29 is 53.1 Å². The van der Waals surface area contributed by atoms with E-state index in [2.05, 4.69) is 78.8 Å². The molecule has 12 rings (SSSR count). The second-order valence-corrected chi connectivity index (χ2v) is 38.7. The number of rotatable bonds is 19. The summed E-state index contributed by atoms with van der Waals surface area (Å²) < 4.78 is 28.5. The third kappa shape index (κ3) is 19.0.